The Kier molecular flexibility index (Phi) is 4.42. The predicted octanol–water partition coefficient (Wildman–Crippen LogP) is 3.54. The summed E-state index contributed by atoms with van der Waals surface area (Å²) in [5.74, 6) is -0.444. The maximum absolute atomic E-state index is 13.6. The molecule has 0 saturated heterocycles. The summed E-state index contributed by atoms with van der Waals surface area (Å²) in [5, 5.41) is 0.948. The van der Waals surface area contributed by atoms with Crippen LogP contribution in [0.15, 0.2) is 24.3 Å². The third-order valence-electron chi connectivity index (χ3n) is 2.54. The number of hydrogen-bond donors (Lipinski definition) is 0. The third-order valence-corrected chi connectivity index (χ3v) is 2.91. The van der Waals surface area contributed by atoms with E-state index in [4.69, 9.17) is 25.8 Å². The minimum Gasteiger partial charge on any atom is -0.467 e. The lowest BCUT2D eigenvalue weighted by molar-refractivity contribution is -0.131. The summed E-state index contributed by atoms with van der Waals surface area (Å²) in [6, 6.07) is 5.82. The van der Waals surface area contributed by atoms with Crippen molar-refractivity contribution in [1.82, 2.24) is 0 Å². The second kappa shape index (κ2) is 6.07. The Hall–Kier alpha value is -1.85. The average molecular weight is 299 g/mol. The number of fused-ring (bicyclic) bond motifs is 1. The molecule has 2 rings (SSSR count). The largest absolute Gasteiger partial charge is 0.467 e. The Morgan fingerprint density at radius 1 is 1.35 bits per heavy atom. The van der Waals surface area contributed by atoms with Crippen molar-refractivity contribution in [3.8, 4) is 11.5 Å². The summed E-state index contributed by atoms with van der Waals surface area (Å²) in [5.41, 5.74) is 0. The first-order valence-electron chi connectivity index (χ1n) is 5.75. The zero-order chi connectivity index (χ0) is 14.7. The lowest BCUT2D eigenvalue weighted by Gasteiger charge is -2.12. The predicted molar refractivity (Wildman–Crippen MR) is 72.7 cm³/mol. The number of esters is 1. The number of halogens is 2. The van der Waals surface area contributed by atoms with E-state index < -0.39 is 11.8 Å². The first-order chi connectivity index (χ1) is 9.52. The zero-order valence-electron chi connectivity index (χ0n) is 10.9. The number of rotatable bonds is 4. The molecule has 4 nitrogen and oxygen atoms in total. The molecule has 0 aliphatic heterocycles. The van der Waals surface area contributed by atoms with Crippen LogP contribution in [0.4, 0.5) is 4.39 Å². The van der Waals surface area contributed by atoms with Crippen LogP contribution >= 0.6 is 11.6 Å². The standard InChI is InChI=1S/C14H12ClFO4/c1-8(17)20-10-5-9-3-4-11(16)14(15)13(9)12(6-10)19-7-18-2/h3-6H,7H2,1-2H3. The van der Waals surface area contributed by atoms with Gasteiger partial charge in [0.2, 0.25) is 0 Å². The van der Waals surface area contributed by atoms with E-state index in [0.717, 1.165) is 0 Å². The van der Waals surface area contributed by atoms with Crippen molar-refractivity contribution in [2.24, 2.45) is 0 Å². The molecule has 6 heteroatoms. The summed E-state index contributed by atoms with van der Waals surface area (Å²) < 4.78 is 28.8. The Balaban J connectivity index is 2.61. The number of carbonyl (C=O) groups is 1. The highest BCUT2D eigenvalue weighted by atomic mass is 35.5. The van der Waals surface area contributed by atoms with Gasteiger partial charge in [-0.25, -0.2) is 4.39 Å². The lowest BCUT2D eigenvalue weighted by Crippen LogP contribution is -2.04. The fourth-order valence-electron chi connectivity index (χ4n) is 1.79. The zero-order valence-corrected chi connectivity index (χ0v) is 11.7. The maximum Gasteiger partial charge on any atom is 0.308 e. The van der Waals surface area contributed by atoms with Crippen molar-refractivity contribution >= 4 is 28.3 Å². The molecule has 0 N–H and O–H groups in total. The molecule has 0 heterocycles. The van der Waals surface area contributed by atoms with Crippen LogP contribution in [0.2, 0.25) is 5.02 Å². The molecule has 0 radical (unpaired) electrons. The second-order valence-corrected chi connectivity index (χ2v) is 4.40. The van der Waals surface area contributed by atoms with Gasteiger partial charge < -0.3 is 14.2 Å². The van der Waals surface area contributed by atoms with Gasteiger partial charge in [-0.1, -0.05) is 17.7 Å². The minimum absolute atomic E-state index is 0.0362. The van der Waals surface area contributed by atoms with Crippen LogP contribution in [0.1, 0.15) is 6.92 Å². The summed E-state index contributed by atoms with van der Waals surface area (Å²) >= 11 is 5.96. The van der Waals surface area contributed by atoms with Crippen molar-refractivity contribution in [3.63, 3.8) is 0 Å². The van der Waals surface area contributed by atoms with Crippen LogP contribution in [0, 0.1) is 5.82 Å². The van der Waals surface area contributed by atoms with Crippen molar-refractivity contribution in [2.45, 2.75) is 6.92 Å². The van der Waals surface area contributed by atoms with Gasteiger partial charge in [-0.15, -0.1) is 0 Å². The smallest absolute Gasteiger partial charge is 0.308 e. The van der Waals surface area contributed by atoms with E-state index in [1.807, 2.05) is 0 Å². The summed E-state index contributed by atoms with van der Waals surface area (Å²) in [6.07, 6.45) is 0. The molecule has 20 heavy (non-hydrogen) atoms. The number of carbonyl (C=O) groups excluding carboxylic acids is 1. The highest BCUT2D eigenvalue weighted by Gasteiger charge is 2.14. The lowest BCUT2D eigenvalue weighted by atomic mass is 10.1. The summed E-state index contributed by atoms with van der Waals surface area (Å²) in [6.45, 7) is 1.25. The Bertz CT molecular complexity index is 657. The van der Waals surface area contributed by atoms with Crippen LogP contribution in [-0.4, -0.2) is 19.9 Å². The van der Waals surface area contributed by atoms with Crippen molar-refractivity contribution < 1.29 is 23.4 Å². The third kappa shape index (κ3) is 3.00. The number of benzene rings is 2. The van der Waals surface area contributed by atoms with Gasteiger partial charge in [-0.3, -0.25) is 4.79 Å². The normalized spacial score (nSPS) is 10.6. The first-order valence-corrected chi connectivity index (χ1v) is 6.12. The minimum atomic E-state index is -0.554. The van der Waals surface area contributed by atoms with Crippen molar-refractivity contribution in [1.29, 1.82) is 0 Å². The van der Waals surface area contributed by atoms with Gasteiger partial charge in [0.25, 0.3) is 0 Å². The molecule has 106 valence electrons. The highest BCUT2D eigenvalue weighted by molar-refractivity contribution is 6.36. The molecular weight excluding hydrogens is 287 g/mol. The quantitative estimate of drug-likeness (QED) is 0.492. The molecule has 0 spiro atoms. The second-order valence-electron chi connectivity index (χ2n) is 4.03. The molecule has 0 bridgehead atoms. The maximum atomic E-state index is 13.6. The molecular formula is C14H12ClFO4. The number of methoxy groups -OCH3 is 1. The van der Waals surface area contributed by atoms with Gasteiger partial charge in [0.15, 0.2) is 6.79 Å². The SMILES string of the molecule is COCOc1cc(OC(C)=O)cc2ccc(F)c(Cl)c12. The van der Waals surface area contributed by atoms with E-state index in [0.29, 0.717) is 16.5 Å². The molecule has 0 saturated carbocycles. The van der Waals surface area contributed by atoms with Gasteiger partial charge in [-0.2, -0.15) is 0 Å². The van der Waals surface area contributed by atoms with Gasteiger partial charge in [0.05, 0.1) is 5.02 Å². The molecule has 0 aliphatic carbocycles. The van der Waals surface area contributed by atoms with E-state index in [-0.39, 0.29) is 17.6 Å². The van der Waals surface area contributed by atoms with Crippen LogP contribution in [0.5, 0.6) is 11.5 Å². The molecule has 0 fully saturated rings. The summed E-state index contributed by atoms with van der Waals surface area (Å²) in [4.78, 5) is 11.0. The highest BCUT2D eigenvalue weighted by Crippen LogP contribution is 2.37. The van der Waals surface area contributed by atoms with E-state index in [9.17, 15) is 9.18 Å². The molecule has 0 aliphatic rings. The molecule has 2 aromatic carbocycles. The fraction of sp³-hybridized carbons (Fsp3) is 0.214. The van der Waals surface area contributed by atoms with Crippen molar-refractivity contribution in [3.05, 3.63) is 35.1 Å². The van der Waals surface area contributed by atoms with Gasteiger partial charge in [0, 0.05) is 25.5 Å². The van der Waals surface area contributed by atoms with Crippen LogP contribution in [0.25, 0.3) is 10.8 Å². The number of ether oxygens (including phenoxy) is 3. The molecule has 0 aromatic heterocycles. The van der Waals surface area contributed by atoms with E-state index in [1.54, 1.807) is 6.07 Å². The molecule has 2 aromatic rings. The van der Waals surface area contributed by atoms with Gasteiger partial charge >= 0.3 is 5.97 Å². The van der Waals surface area contributed by atoms with Crippen LogP contribution < -0.4 is 9.47 Å². The first kappa shape index (κ1) is 14.6. The Morgan fingerprint density at radius 2 is 2.10 bits per heavy atom. The Labute approximate surface area is 120 Å². The van der Waals surface area contributed by atoms with E-state index in [1.165, 1.54) is 32.2 Å². The fourth-order valence-corrected chi connectivity index (χ4v) is 2.06. The molecule has 0 unspecified atom stereocenters. The molecule has 0 atom stereocenters. The topological polar surface area (TPSA) is 44.8 Å². The van der Waals surface area contributed by atoms with Gasteiger partial charge in [0.1, 0.15) is 17.3 Å². The summed E-state index contributed by atoms with van der Waals surface area (Å²) in [7, 11) is 1.46. The van der Waals surface area contributed by atoms with Crippen molar-refractivity contribution in [2.75, 3.05) is 13.9 Å². The molecule has 0 amide bonds. The Morgan fingerprint density at radius 3 is 2.75 bits per heavy atom. The monoisotopic (exact) mass is 298 g/mol. The van der Waals surface area contributed by atoms with Crippen LogP contribution in [-0.2, 0) is 9.53 Å². The van der Waals surface area contributed by atoms with Crippen LogP contribution in [0.3, 0.4) is 0 Å². The van der Waals surface area contributed by atoms with Gasteiger partial charge in [-0.05, 0) is 17.5 Å². The van der Waals surface area contributed by atoms with E-state index >= 15 is 0 Å². The number of hydrogen-bond acceptors (Lipinski definition) is 4. The average Bonchev–Trinajstić information content (AvgIpc) is 2.39. The van der Waals surface area contributed by atoms with E-state index in [2.05, 4.69) is 0 Å².